The van der Waals surface area contributed by atoms with Crippen LogP contribution >= 0.6 is 0 Å². The highest BCUT2D eigenvalue weighted by Gasteiger charge is 2.50. The molecule has 1 aromatic heterocycles. The highest BCUT2D eigenvalue weighted by molar-refractivity contribution is 6.11. The van der Waals surface area contributed by atoms with E-state index < -0.39 is 11.5 Å². The molecular weight excluding hydrogens is 294 g/mol. The van der Waals surface area contributed by atoms with Crippen molar-refractivity contribution in [3.05, 3.63) is 46.8 Å². The Balaban J connectivity index is 2.02. The van der Waals surface area contributed by atoms with Gasteiger partial charge < -0.3 is 10.0 Å². The third-order valence-electron chi connectivity index (χ3n) is 4.38. The van der Waals surface area contributed by atoms with Crippen LogP contribution in [0.5, 0.6) is 0 Å². The quantitative estimate of drug-likeness (QED) is 0.844. The van der Waals surface area contributed by atoms with Crippen molar-refractivity contribution >= 4 is 17.4 Å². The predicted octanol–water partition coefficient (Wildman–Crippen LogP) is 1.85. The molecule has 0 saturated carbocycles. The Labute approximate surface area is 134 Å². The fraction of sp³-hybridized carbons (Fsp3) is 0.353. The molecule has 1 aliphatic heterocycles. The van der Waals surface area contributed by atoms with Gasteiger partial charge in [0.05, 0.1) is 23.4 Å². The molecule has 1 amide bonds. The number of rotatable bonds is 4. The molecule has 120 valence electrons. The van der Waals surface area contributed by atoms with Crippen LogP contribution in [0.4, 0.5) is 5.69 Å². The van der Waals surface area contributed by atoms with Crippen molar-refractivity contribution < 1.29 is 14.7 Å². The van der Waals surface area contributed by atoms with E-state index >= 15 is 0 Å². The monoisotopic (exact) mass is 313 g/mol. The number of ketones is 1. The predicted molar refractivity (Wildman–Crippen MR) is 85.4 cm³/mol. The maximum absolute atomic E-state index is 12.7. The van der Waals surface area contributed by atoms with E-state index in [0.29, 0.717) is 34.7 Å². The molecule has 0 saturated heterocycles. The third-order valence-corrected chi connectivity index (χ3v) is 4.38. The number of hydrogen-bond acceptors (Lipinski definition) is 4. The number of aromatic nitrogens is 2. The van der Waals surface area contributed by atoms with E-state index in [1.54, 1.807) is 32.0 Å². The summed E-state index contributed by atoms with van der Waals surface area (Å²) in [6.07, 6.45) is -0.291. The van der Waals surface area contributed by atoms with Crippen LogP contribution in [0.2, 0.25) is 0 Å². The minimum atomic E-state index is -1.82. The fourth-order valence-corrected chi connectivity index (χ4v) is 3.27. The van der Waals surface area contributed by atoms with E-state index in [1.807, 2.05) is 13.0 Å². The zero-order valence-corrected chi connectivity index (χ0v) is 13.4. The van der Waals surface area contributed by atoms with E-state index in [0.717, 1.165) is 0 Å². The van der Waals surface area contributed by atoms with Crippen molar-refractivity contribution in [2.45, 2.75) is 32.8 Å². The first-order valence-electron chi connectivity index (χ1n) is 7.58. The van der Waals surface area contributed by atoms with Gasteiger partial charge in [-0.1, -0.05) is 18.2 Å². The van der Waals surface area contributed by atoms with Gasteiger partial charge in [-0.05, 0) is 26.8 Å². The number of likely N-dealkylation sites (N-methyl/N-ethyl adjacent to an activating group) is 1. The molecular formula is C17H19N3O3. The minimum Gasteiger partial charge on any atom is -0.375 e. The number of aromatic amines is 1. The Kier molecular flexibility index (Phi) is 3.56. The van der Waals surface area contributed by atoms with Crippen molar-refractivity contribution in [1.29, 1.82) is 0 Å². The van der Waals surface area contributed by atoms with E-state index in [2.05, 4.69) is 10.2 Å². The normalized spacial score (nSPS) is 20.0. The molecule has 0 fully saturated rings. The molecule has 0 spiro atoms. The number of para-hydroxylation sites is 1. The number of hydrogen-bond donors (Lipinski definition) is 2. The topological polar surface area (TPSA) is 86.3 Å². The SMILES string of the molecule is CCN1C(=O)[C@@](O)(CC(=O)c2c(C)n[nH]c2C)c2ccccc21. The molecule has 23 heavy (non-hydrogen) atoms. The average Bonchev–Trinajstić information content (AvgIpc) is 2.96. The van der Waals surface area contributed by atoms with Crippen molar-refractivity contribution in [2.24, 2.45) is 0 Å². The van der Waals surface area contributed by atoms with Gasteiger partial charge >= 0.3 is 0 Å². The Morgan fingerprint density at radius 3 is 2.65 bits per heavy atom. The number of Topliss-reactive ketones (excluding diaryl/α,β-unsaturated/α-hetero) is 1. The van der Waals surface area contributed by atoms with Crippen molar-refractivity contribution in [3.63, 3.8) is 0 Å². The lowest BCUT2D eigenvalue weighted by Gasteiger charge is -2.22. The Morgan fingerprint density at radius 1 is 1.35 bits per heavy atom. The van der Waals surface area contributed by atoms with E-state index in [4.69, 9.17) is 0 Å². The van der Waals surface area contributed by atoms with Crippen molar-refractivity contribution in [1.82, 2.24) is 10.2 Å². The maximum Gasteiger partial charge on any atom is 0.264 e. The van der Waals surface area contributed by atoms with Crippen molar-refractivity contribution in [2.75, 3.05) is 11.4 Å². The number of H-pyrrole nitrogens is 1. The van der Waals surface area contributed by atoms with Crippen LogP contribution in [-0.2, 0) is 10.4 Å². The van der Waals surface area contributed by atoms with Gasteiger partial charge in [0, 0.05) is 17.8 Å². The molecule has 0 aliphatic carbocycles. The smallest absolute Gasteiger partial charge is 0.264 e. The van der Waals surface area contributed by atoms with E-state index in [9.17, 15) is 14.7 Å². The highest BCUT2D eigenvalue weighted by Crippen LogP contribution is 2.42. The molecule has 1 aromatic carbocycles. The Morgan fingerprint density at radius 2 is 2.04 bits per heavy atom. The molecule has 1 atom stereocenters. The first-order chi connectivity index (χ1) is 10.9. The summed E-state index contributed by atoms with van der Waals surface area (Å²) < 4.78 is 0. The summed E-state index contributed by atoms with van der Waals surface area (Å²) in [5.41, 5.74) is 0.984. The first kappa shape index (κ1) is 15.4. The largest absolute Gasteiger partial charge is 0.375 e. The van der Waals surface area contributed by atoms with Crippen LogP contribution < -0.4 is 4.90 Å². The molecule has 6 heteroatoms. The summed E-state index contributed by atoms with van der Waals surface area (Å²) in [4.78, 5) is 26.9. The van der Waals surface area contributed by atoms with Gasteiger partial charge in [-0.15, -0.1) is 0 Å². The minimum absolute atomic E-state index is 0.291. The Hall–Kier alpha value is -2.47. The number of aryl methyl sites for hydroxylation is 2. The standard InChI is InChI=1S/C17H19N3O3/c1-4-20-13-8-6-5-7-12(13)17(23,16(20)22)9-14(21)15-10(2)18-19-11(15)3/h5-8,23H,4,9H2,1-3H3,(H,18,19)/t17-/m1/s1. The lowest BCUT2D eigenvalue weighted by molar-refractivity contribution is -0.135. The number of fused-ring (bicyclic) bond motifs is 1. The Bertz CT molecular complexity index is 777. The number of nitrogens with zero attached hydrogens (tertiary/aromatic N) is 2. The van der Waals surface area contributed by atoms with Crippen LogP contribution in [0, 0.1) is 13.8 Å². The summed E-state index contributed by atoms with van der Waals surface area (Å²) >= 11 is 0. The van der Waals surface area contributed by atoms with Gasteiger partial charge in [-0.3, -0.25) is 14.7 Å². The molecule has 3 rings (SSSR count). The molecule has 6 nitrogen and oxygen atoms in total. The molecule has 1 aliphatic rings. The molecule has 2 N–H and O–H groups in total. The second kappa shape index (κ2) is 5.31. The zero-order chi connectivity index (χ0) is 16.8. The van der Waals surface area contributed by atoms with Crippen LogP contribution in [0.15, 0.2) is 24.3 Å². The fourth-order valence-electron chi connectivity index (χ4n) is 3.27. The van der Waals surface area contributed by atoms with Gasteiger partial charge in [0.15, 0.2) is 11.4 Å². The van der Waals surface area contributed by atoms with Gasteiger partial charge in [0.1, 0.15) is 0 Å². The summed E-state index contributed by atoms with van der Waals surface area (Å²) in [6.45, 7) is 5.76. The second-order valence-corrected chi connectivity index (χ2v) is 5.84. The lowest BCUT2D eigenvalue weighted by Crippen LogP contribution is -2.41. The molecule has 0 radical (unpaired) electrons. The molecule has 2 heterocycles. The summed E-state index contributed by atoms with van der Waals surface area (Å²) in [5, 5.41) is 17.8. The number of carbonyl (C=O) groups is 2. The first-order valence-corrected chi connectivity index (χ1v) is 7.58. The van der Waals surface area contributed by atoms with Gasteiger partial charge in [0.2, 0.25) is 0 Å². The number of benzene rings is 1. The number of carbonyl (C=O) groups excluding carboxylic acids is 2. The molecule has 2 aromatic rings. The number of nitrogens with one attached hydrogen (secondary N) is 1. The van der Waals surface area contributed by atoms with E-state index in [1.165, 1.54) is 4.90 Å². The van der Waals surface area contributed by atoms with Gasteiger partial charge in [0.25, 0.3) is 5.91 Å². The molecule has 0 unspecified atom stereocenters. The van der Waals surface area contributed by atoms with Crippen molar-refractivity contribution in [3.8, 4) is 0 Å². The number of aliphatic hydroxyl groups is 1. The zero-order valence-electron chi connectivity index (χ0n) is 13.4. The van der Waals surface area contributed by atoms with Gasteiger partial charge in [-0.25, -0.2) is 0 Å². The second-order valence-electron chi connectivity index (χ2n) is 5.84. The van der Waals surface area contributed by atoms with Crippen LogP contribution in [-0.4, -0.2) is 33.5 Å². The number of amides is 1. The van der Waals surface area contributed by atoms with E-state index in [-0.39, 0.29) is 12.2 Å². The lowest BCUT2D eigenvalue weighted by atomic mass is 9.87. The average molecular weight is 313 g/mol. The number of anilines is 1. The summed E-state index contributed by atoms with van der Waals surface area (Å²) in [7, 11) is 0. The summed E-state index contributed by atoms with van der Waals surface area (Å²) in [6, 6.07) is 7.06. The van der Waals surface area contributed by atoms with Crippen LogP contribution in [0.3, 0.4) is 0 Å². The summed E-state index contributed by atoms with van der Waals surface area (Å²) in [5.74, 6) is -0.745. The van der Waals surface area contributed by atoms with Crippen LogP contribution in [0.1, 0.15) is 40.7 Å². The third kappa shape index (κ3) is 2.17. The van der Waals surface area contributed by atoms with Gasteiger partial charge in [-0.2, -0.15) is 5.10 Å². The highest BCUT2D eigenvalue weighted by atomic mass is 16.3. The van der Waals surface area contributed by atoms with Crippen LogP contribution in [0.25, 0.3) is 0 Å². The molecule has 0 bridgehead atoms. The maximum atomic E-state index is 12.7.